The summed E-state index contributed by atoms with van der Waals surface area (Å²) in [6.07, 6.45) is 0. The molecule has 2 aromatic heterocycles. The molecule has 0 saturated carbocycles. The van der Waals surface area contributed by atoms with Crippen LogP contribution in [0.5, 0.6) is 0 Å². The number of hydrogen-bond acceptors (Lipinski definition) is 5. The lowest BCUT2D eigenvalue weighted by Crippen LogP contribution is -2.51. The molecule has 4 nitrogen and oxygen atoms in total. The Hall–Kier alpha value is -0.750. The van der Waals surface area contributed by atoms with Crippen LogP contribution in [0.4, 0.5) is 0 Å². The predicted molar refractivity (Wildman–Crippen MR) is 84.4 cm³/mol. The summed E-state index contributed by atoms with van der Waals surface area (Å²) >= 11 is 7.84. The van der Waals surface area contributed by atoms with Gasteiger partial charge in [-0.15, -0.1) is 11.3 Å². The summed E-state index contributed by atoms with van der Waals surface area (Å²) < 4.78 is 0. The maximum absolute atomic E-state index is 6.22. The van der Waals surface area contributed by atoms with Gasteiger partial charge in [-0.3, -0.25) is 9.80 Å². The Morgan fingerprint density at radius 2 is 2.25 bits per heavy atom. The summed E-state index contributed by atoms with van der Waals surface area (Å²) in [7, 11) is 0. The molecule has 1 unspecified atom stereocenters. The summed E-state index contributed by atoms with van der Waals surface area (Å²) in [5.74, 6) is 0.835. The molecule has 1 fully saturated rings. The lowest BCUT2D eigenvalue weighted by Gasteiger charge is -2.39. The largest absolute Gasteiger partial charge is 0.298 e. The maximum Gasteiger partial charge on any atom is 0.145 e. The van der Waals surface area contributed by atoms with Crippen LogP contribution in [0.15, 0.2) is 11.4 Å². The van der Waals surface area contributed by atoms with Crippen molar-refractivity contribution in [3.63, 3.8) is 0 Å². The van der Waals surface area contributed by atoms with E-state index < -0.39 is 0 Å². The van der Waals surface area contributed by atoms with Crippen LogP contribution < -0.4 is 0 Å². The second-order valence-electron chi connectivity index (χ2n) is 5.28. The number of nitrogens with zero attached hydrogens (tertiary/aromatic N) is 4. The fourth-order valence-electron chi connectivity index (χ4n) is 2.82. The Morgan fingerprint density at radius 3 is 3.00 bits per heavy atom. The highest BCUT2D eigenvalue weighted by molar-refractivity contribution is 7.16. The van der Waals surface area contributed by atoms with Gasteiger partial charge in [0.1, 0.15) is 15.8 Å². The van der Waals surface area contributed by atoms with E-state index in [1.54, 1.807) is 11.3 Å². The van der Waals surface area contributed by atoms with Gasteiger partial charge < -0.3 is 0 Å². The molecule has 20 heavy (non-hydrogen) atoms. The third kappa shape index (κ3) is 2.81. The number of piperazine rings is 1. The van der Waals surface area contributed by atoms with E-state index in [2.05, 4.69) is 33.6 Å². The van der Waals surface area contributed by atoms with Gasteiger partial charge in [0.2, 0.25) is 0 Å². The van der Waals surface area contributed by atoms with Crippen LogP contribution in [0.25, 0.3) is 10.2 Å². The van der Waals surface area contributed by atoms with Crippen molar-refractivity contribution in [2.45, 2.75) is 26.4 Å². The van der Waals surface area contributed by atoms with E-state index in [0.717, 1.165) is 48.8 Å². The van der Waals surface area contributed by atoms with Gasteiger partial charge >= 0.3 is 0 Å². The highest BCUT2D eigenvalue weighted by Gasteiger charge is 2.23. The van der Waals surface area contributed by atoms with E-state index in [1.165, 1.54) is 0 Å². The van der Waals surface area contributed by atoms with Crippen LogP contribution in [0.2, 0.25) is 5.15 Å². The van der Waals surface area contributed by atoms with Gasteiger partial charge in [-0.25, -0.2) is 9.97 Å². The van der Waals surface area contributed by atoms with Gasteiger partial charge in [0.15, 0.2) is 0 Å². The molecular weight excluding hydrogens is 292 g/mol. The second-order valence-corrected chi connectivity index (χ2v) is 6.54. The zero-order valence-electron chi connectivity index (χ0n) is 11.8. The number of rotatable bonds is 3. The minimum atomic E-state index is 0.575. The van der Waals surface area contributed by atoms with Crippen LogP contribution in [0.1, 0.15) is 19.7 Å². The standard InChI is InChI=1S/C14H19ClN4S/c1-3-19-6-5-18(8-10(19)2)9-12-16-13(15)11-4-7-20-14(11)17-12/h4,7,10H,3,5-6,8-9H2,1-2H3. The molecule has 1 atom stereocenters. The molecule has 3 rings (SSSR count). The molecule has 0 bridgehead atoms. The number of aromatic nitrogens is 2. The second kappa shape index (κ2) is 5.93. The third-order valence-corrected chi connectivity index (χ3v) is 5.04. The van der Waals surface area contributed by atoms with E-state index in [9.17, 15) is 0 Å². The molecule has 0 aromatic carbocycles. The number of fused-ring (bicyclic) bond motifs is 1. The average Bonchev–Trinajstić information content (AvgIpc) is 2.88. The first kappa shape index (κ1) is 14.2. The lowest BCUT2D eigenvalue weighted by molar-refractivity contribution is 0.0818. The van der Waals surface area contributed by atoms with Gasteiger partial charge in [0.25, 0.3) is 0 Å². The van der Waals surface area contributed by atoms with Crippen LogP contribution in [-0.4, -0.2) is 52.0 Å². The van der Waals surface area contributed by atoms with Crippen molar-refractivity contribution in [1.29, 1.82) is 0 Å². The molecule has 0 aliphatic carbocycles. The third-order valence-electron chi connectivity index (χ3n) is 3.95. The predicted octanol–water partition coefficient (Wildman–Crippen LogP) is 2.87. The SMILES string of the molecule is CCN1CCN(Cc2nc(Cl)c3ccsc3n2)CC1C. The molecule has 1 saturated heterocycles. The van der Waals surface area contributed by atoms with Crippen molar-refractivity contribution in [2.24, 2.45) is 0 Å². The first-order valence-corrected chi connectivity index (χ1v) is 8.29. The molecule has 0 spiro atoms. The summed E-state index contributed by atoms with van der Waals surface area (Å²) in [6, 6.07) is 2.57. The van der Waals surface area contributed by atoms with Crippen molar-refractivity contribution in [1.82, 2.24) is 19.8 Å². The number of halogens is 1. The summed E-state index contributed by atoms with van der Waals surface area (Å²) in [5.41, 5.74) is 0. The van der Waals surface area contributed by atoms with Gasteiger partial charge in [-0.05, 0) is 24.9 Å². The summed E-state index contributed by atoms with van der Waals surface area (Å²) in [5, 5.41) is 3.55. The van der Waals surface area contributed by atoms with Crippen molar-refractivity contribution in [3.8, 4) is 0 Å². The Balaban J connectivity index is 1.73. The van der Waals surface area contributed by atoms with Gasteiger partial charge in [0, 0.05) is 31.1 Å². The molecule has 0 radical (unpaired) electrons. The molecular formula is C14H19ClN4S. The van der Waals surface area contributed by atoms with Crippen molar-refractivity contribution in [3.05, 3.63) is 22.4 Å². The fraction of sp³-hybridized carbons (Fsp3) is 0.571. The number of hydrogen-bond donors (Lipinski definition) is 0. The molecule has 0 N–H and O–H groups in total. The van der Waals surface area contributed by atoms with E-state index in [-0.39, 0.29) is 0 Å². The Labute approximate surface area is 128 Å². The van der Waals surface area contributed by atoms with Gasteiger partial charge in [-0.1, -0.05) is 18.5 Å². The van der Waals surface area contributed by atoms with Crippen molar-refractivity contribution in [2.75, 3.05) is 26.2 Å². The van der Waals surface area contributed by atoms with Crippen LogP contribution in [0, 0.1) is 0 Å². The van der Waals surface area contributed by atoms with Crippen LogP contribution >= 0.6 is 22.9 Å². The highest BCUT2D eigenvalue weighted by atomic mass is 35.5. The molecule has 3 heterocycles. The van der Waals surface area contributed by atoms with E-state index in [1.807, 2.05) is 11.4 Å². The number of thiophene rings is 1. The minimum Gasteiger partial charge on any atom is -0.298 e. The van der Waals surface area contributed by atoms with E-state index >= 15 is 0 Å². The molecule has 1 aliphatic rings. The zero-order chi connectivity index (χ0) is 14.1. The quantitative estimate of drug-likeness (QED) is 0.816. The minimum absolute atomic E-state index is 0.575. The highest BCUT2D eigenvalue weighted by Crippen LogP contribution is 2.25. The topological polar surface area (TPSA) is 32.3 Å². The van der Waals surface area contributed by atoms with E-state index in [0.29, 0.717) is 11.2 Å². The van der Waals surface area contributed by atoms with Crippen LogP contribution in [0.3, 0.4) is 0 Å². The Bertz CT molecular complexity index is 600. The monoisotopic (exact) mass is 310 g/mol. The molecule has 0 amide bonds. The van der Waals surface area contributed by atoms with Crippen molar-refractivity contribution < 1.29 is 0 Å². The zero-order valence-corrected chi connectivity index (χ0v) is 13.4. The maximum atomic E-state index is 6.22. The van der Waals surface area contributed by atoms with Gasteiger partial charge in [-0.2, -0.15) is 0 Å². The molecule has 1 aliphatic heterocycles. The van der Waals surface area contributed by atoms with Crippen LogP contribution in [-0.2, 0) is 6.54 Å². The molecule has 108 valence electrons. The van der Waals surface area contributed by atoms with E-state index in [4.69, 9.17) is 11.6 Å². The average molecular weight is 311 g/mol. The Kier molecular flexibility index (Phi) is 4.21. The first-order valence-electron chi connectivity index (χ1n) is 7.03. The summed E-state index contributed by atoms with van der Waals surface area (Å²) in [6.45, 7) is 9.67. The molecule has 2 aromatic rings. The van der Waals surface area contributed by atoms with Gasteiger partial charge in [0.05, 0.1) is 6.54 Å². The first-order chi connectivity index (χ1) is 9.67. The summed E-state index contributed by atoms with van der Waals surface area (Å²) in [4.78, 5) is 15.0. The fourth-order valence-corrected chi connectivity index (χ4v) is 3.90. The Morgan fingerprint density at radius 1 is 1.40 bits per heavy atom. The lowest BCUT2D eigenvalue weighted by atomic mass is 10.2. The smallest absolute Gasteiger partial charge is 0.145 e. The normalized spacial score (nSPS) is 21.6. The van der Waals surface area contributed by atoms with Crippen molar-refractivity contribution >= 4 is 33.2 Å². The molecule has 6 heteroatoms. The number of likely N-dealkylation sites (N-methyl/N-ethyl adjacent to an activating group) is 1.